The van der Waals surface area contributed by atoms with Gasteiger partial charge < -0.3 is 0 Å². The van der Waals surface area contributed by atoms with E-state index in [1.807, 2.05) is 26.8 Å². The number of rotatable bonds is 3. The van der Waals surface area contributed by atoms with Gasteiger partial charge in [-0.2, -0.15) is 18.4 Å². The van der Waals surface area contributed by atoms with Crippen molar-refractivity contribution < 1.29 is 21.6 Å². The van der Waals surface area contributed by atoms with E-state index in [0.717, 1.165) is 21.7 Å². The highest BCUT2D eigenvalue weighted by molar-refractivity contribution is 7.90. The fraction of sp³-hybridized carbons (Fsp3) is 0.300. The van der Waals surface area contributed by atoms with E-state index in [4.69, 9.17) is 5.26 Å². The van der Waals surface area contributed by atoms with E-state index in [-0.39, 0.29) is 33.5 Å². The van der Waals surface area contributed by atoms with Gasteiger partial charge in [-0.25, -0.2) is 17.4 Å². The number of pyridine rings is 1. The van der Waals surface area contributed by atoms with E-state index >= 15 is 0 Å². The number of hydrogen-bond acceptors (Lipinski definition) is 4. The molecule has 0 atom stereocenters. The molecule has 0 saturated carbocycles. The minimum absolute atomic E-state index is 0.00980. The summed E-state index contributed by atoms with van der Waals surface area (Å²) in [6.45, 7) is 5.81. The van der Waals surface area contributed by atoms with Crippen LogP contribution in [0.15, 0.2) is 47.4 Å². The zero-order valence-corrected chi connectivity index (χ0v) is 16.8. The molecule has 29 heavy (non-hydrogen) atoms. The average Bonchev–Trinajstić information content (AvgIpc) is 2.98. The first-order valence-electron chi connectivity index (χ1n) is 8.67. The molecular weight excluding hydrogens is 403 g/mol. The van der Waals surface area contributed by atoms with Gasteiger partial charge in [-0.3, -0.25) is 0 Å². The first-order valence-corrected chi connectivity index (χ1v) is 10.1. The van der Waals surface area contributed by atoms with Crippen molar-refractivity contribution >= 4 is 21.1 Å². The molecule has 0 amide bonds. The maximum atomic E-state index is 13.4. The van der Waals surface area contributed by atoms with Gasteiger partial charge in [0, 0.05) is 0 Å². The summed E-state index contributed by atoms with van der Waals surface area (Å²) in [5.41, 5.74) is -0.740. The number of halogens is 3. The van der Waals surface area contributed by atoms with Crippen molar-refractivity contribution in [1.82, 2.24) is 8.96 Å². The molecule has 152 valence electrons. The van der Waals surface area contributed by atoms with Gasteiger partial charge in [-0.15, -0.1) is 0 Å². The van der Waals surface area contributed by atoms with E-state index < -0.39 is 21.9 Å². The molecule has 0 aliphatic rings. The Morgan fingerprint density at radius 2 is 1.79 bits per heavy atom. The number of benzene rings is 1. The van der Waals surface area contributed by atoms with Crippen molar-refractivity contribution in [1.29, 1.82) is 5.26 Å². The Kier molecular flexibility index (Phi) is 4.95. The number of aromatic nitrogens is 2. The molecule has 0 fully saturated rings. The first kappa shape index (κ1) is 20.9. The Morgan fingerprint density at radius 1 is 1.10 bits per heavy atom. The summed E-state index contributed by atoms with van der Waals surface area (Å²) in [5.74, 6) is 0. The van der Waals surface area contributed by atoms with Crippen LogP contribution in [0.25, 0.3) is 11.0 Å². The fourth-order valence-corrected chi connectivity index (χ4v) is 4.57. The van der Waals surface area contributed by atoms with Crippen molar-refractivity contribution in [3.8, 4) is 6.07 Å². The lowest BCUT2D eigenvalue weighted by atomic mass is 9.87. The largest absolute Gasteiger partial charge is 0.433 e. The lowest BCUT2D eigenvalue weighted by Crippen LogP contribution is -2.18. The number of hydrogen-bond donors (Lipinski definition) is 0. The summed E-state index contributed by atoms with van der Waals surface area (Å²) < 4.78 is 66.6. The highest BCUT2D eigenvalue weighted by Gasteiger charge is 2.33. The van der Waals surface area contributed by atoms with Gasteiger partial charge in [0.05, 0.1) is 34.1 Å². The average molecular weight is 421 g/mol. The summed E-state index contributed by atoms with van der Waals surface area (Å²) in [7, 11) is -4.16. The van der Waals surface area contributed by atoms with Crippen molar-refractivity contribution in [2.24, 2.45) is 0 Å². The minimum atomic E-state index is -4.66. The molecule has 3 aromatic rings. The zero-order chi connectivity index (χ0) is 21.6. The van der Waals surface area contributed by atoms with E-state index in [2.05, 4.69) is 4.98 Å². The topological polar surface area (TPSA) is 75.8 Å². The molecule has 0 aliphatic heterocycles. The van der Waals surface area contributed by atoms with Gasteiger partial charge in [0.15, 0.2) is 0 Å². The van der Waals surface area contributed by atoms with Crippen molar-refractivity contribution in [3.63, 3.8) is 0 Å². The molecule has 3 rings (SSSR count). The normalized spacial score (nSPS) is 12.9. The summed E-state index contributed by atoms with van der Waals surface area (Å²) in [5, 5.41) is 9.08. The van der Waals surface area contributed by atoms with E-state index in [1.54, 1.807) is 12.1 Å². The zero-order valence-electron chi connectivity index (χ0n) is 15.9. The van der Waals surface area contributed by atoms with Crippen molar-refractivity contribution in [2.45, 2.75) is 43.7 Å². The maximum Gasteiger partial charge on any atom is 0.433 e. The number of nitriles is 1. The van der Waals surface area contributed by atoms with Crippen LogP contribution in [0.5, 0.6) is 0 Å². The molecule has 0 radical (unpaired) electrons. The first-order chi connectivity index (χ1) is 13.4. The Labute approximate surface area is 166 Å². The van der Waals surface area contributed by atoms with E-state index in [0.29, 0.717) is 0 Å². The predicted molar refractivity (Wildman–Crippen MR) is 102 cm³/mol. The fourth-order valence-electron chi connectivity index (χ4n) is 2.99. The summed E-state index contributed by atoms with van der Waals surface area (Å²) >= 11 is 0. The van der Waals surface area contributed by atoms with Crippen LogP contribution < -0.4 is 0 Å². The lowest BCUT2D eigenvalue weighted by Gasteiger charge is -2.20. The SMILES string of the molecule is CC(C)(C)c1cccc(S(=O)(=O)n2c(CC#N)cc3nc(C(F)(F)F)ccc32)c1. The monoisotopic (exact) mass is 421 g/mol. The number of nitrogens with zero attached hydrogens (tertiary/aromatic N) is 3. The van der Waals surface area contributed by atoms with Crippen molar-refractivity contribution in [3.05, 3.63) is 59.4 Å². The second-order valence-electron chi connectivity index (χ2n) is 7.62. The molecule has 5 nitrogen and oxygen atoms in total. The van der Waals surface area contributed by atoms with Gasteiger partial charge in [0.2, 0.25) is 0 Å². The second-order valence-corrected chi connectivity index (χ2v) is 9.40. The molecular formula is C20H18F3N3O2S. The Hall–Kier alpha value is -2.86. The summed E-state index contributed by atoms with van der Waals surface area (Å²) in [6.07, 6.45) is -4.96. The third-order valence-corrected chi connectivity index (χ3v) is 6.24. The molecule has 2 aromatic heterocycles. The third-order valence-electron chi connectivity index (χ3n) is 4.47. The Bertz CT molecular complexity index is 1230. The molecule has 0 saturated heterocycles. The lowest BCUT2D eigenvalue weighted by molar-refractivity contribution is -0.140. The minimum Gasteiger partial charge on any atom is -0.242 e. The van der Waals surface area contributed by atoms with Gasteiger partial charge in [-0.05, 0) is 41.3 Å². The standard InChI is InChI=1S/C20H18F3N3O2S/c1-19(2,3)13-5-4-6-15(11-13)29(27,28)26-14(9-10-24)12-16-17(26)7-8-18(25-16)20(21,22)23/h4-8,11-12H,9H2,1-3H3. The number of fused-ring (bicyclic) bond motifs is 1. The molecule has 0 N–H and O–H groups in total. The second kappa shape index (κ2) is 6.88. The third kappa shape index (κ3) is 3.85. The summed E-state index contributed by atoms with van der Waals surface area (Å²) in [4.78, 5) is 3.54. The molecule has 0 spiro atoms. The van der Waals surface area contributed by atoms with E-state index in [1.165, 1.54) is 18.2 Å². The highest BCUT2D eigenvalue weighted by Crippen LogP contribution is 2.32. The van der Waals surface area contributed by atoms with Crippen LogP contribution >= 0.6 is 0 Å². The molecule has 1 aromatic carbocycles. The maximum absolute atomic E-state index is 13.4. The summed E-state index contributed by atoms with van der Waals surface area (Å²) in [6, 6.07) is 11.2. The van der Waals surface area contributed by atoms with Crippen LogP contribution in [0.2, 0.25) is 0 Å². The van der Waals surface area contributed by atoms with Gasteiger partial charge in [-0.1, -0.05) is 32.9 Å². The number of alkyl halides is 3. The van der Waals surface area contributed by atoms with Gasteiger partial charge in [0.25, 0.3) is 10.0 Å². The Morgan fingerprint density at radius 3 is 2.38 bits per heavy atom. The smallest absolute Gasteiger partial charge is 0.242 e. The highest BCUT2D eigenvalue weighted by atomic mass is 32.2. The Balaban J connectivity index is 2.27. The van der Waals surface area contributed by atoms with Crippen LogP contribution in [-0.2, 0) is 28.0 Å². The van der Waals surface area contributed by atoms with Gasteiger partial charge in [0.1, 0.15) is 5.69 Å². The van der Waals surface area contributed by atoms with Crippen LogP contribution in [0, 0.1) is 11.3 Å². The molecule has 2 heterocycles. The van der Waals surface area contributed by atoms with Crippen LogP contribution in [0.4, 0.5) is 13.2 Å². The van der Waals surface area contributed by atoms with Crippen LogP contribution in [-0.4, -0.2) is 17.4 Å². The molecule has 9 heteroatoms. The van der Waals surface area contributed by atoms with Crippen molar-refractivity contribution in [2.75, 3.05) is 0 Å². The quantitative estimate of drug-likeness (QED) is 0.617. The van der Waals surface area contributed by atoms with Crippen LogP contribution in [0.1, 0.15) is 37.7 Å². The molecule has 0 unspecified atom stereocenters. The van der Waals surface area contributed by atoms with Gasteiger partial charge >= 0.3 is 6.18 Å². The molecule has 0 aliphatic carbocycles. The van der Waals surface area contributed by atoms with Crippen LogP contribution in [0.3, 0.4) is 0 Å². The van der Waals surface area contributed by atoms with E-state index in [9.17, 15) is 21.6 Å². The predicted octanol–water partition coefficient (Wildman–Crippen LogP) is 4.66. The molecule has 0 bridgehead atoms.